The Labute approximate surface area is 212 Å². The summed E-state index contributed by atoms with van der Waals surface area (Å²) >= 11 is 7.13. The van der Waals surface area contributed by atoms with Crippen molar-refractivity contribution in [2.75, 3.05) is 26.2 Å². The van der Waals surface area contributed by atoms with Crippen LogP contribution >= 0.6 is 22.9 Å². The molecule has 1 N–H and O–H groups in total. The molecule has 2 unspecified atom stereocenters. The minimum absolute atomic E-state index is 0.0482. The van der Waals surface area contributed by atoms with Crippen molar-refractivity contribution in [1.29, 1.82) is 0 Å². The Morgan fingerprint density at radius 3 is 2.83 bits per heavy atom. The van der Waals surface area contributed by atoms with Gasteiger partial charge in [0.15, 0.2) is 0 Å². The normalized spacial score (nSPS) is 21.1. The summed E-state index contributed by atoms with van der Waals surface area (Å²) < 4.78 is 29.5. The van der Waals surface area contributed by atoms with Crippen LogP contribution in [0.2, 0.25) is 5.02 Å². The van der Waals surface area contributed by atoms with Crippen LogP contribution in [0.1, 0.15) is 30.9 Å². The molecule has 2 saturated heterocycles. The number of amides is 2. The summed E-state index contributed by atoms with van der Waals surface area (Å²) in [5.74, 6) is -0.299. The van der Waals surface area contributed by atoms with E-state index in [2.05, 4.69) is 9.71 Å². The third-order valence-corrected chi connectivity index (χ3v) is 9.80. The number of sulfonamides is 1. The number of carbonyl (C=O) groups is 2. The van der Waals surface area contributed by atoms with Crippen molar-refractivity contribution in [3.8, 4) is 0 Å². The molecular weight excluding hydrogens is 508 g/mol. The lowest BCUT2D eigenvalue weighted by molar-refractivity contribution is -0.142. The van der Waals surface area contributed by atoms with E-state index < -0.39 is 16.1 Å². The van der Waals surface area contributed by atoms with E-state index in [1.165, 1.54) is 4.90 Å². The molecule has 5 rings (SSSR count). The molecule has 35 heavy (non-hydrogen) atoms. The molecule has 2 fully saturated rings. The number of thiophene rings is 1. The van der Waals surface area contributed by atoms with Crippen LogP contribution in [0.15, 0.2) is 52.9 Å². The molecule has 3 aromatic rings. The molecule has 2 aliphatic heterocycles. The lowest BCUT2D eigenvalue weighted by Crippen LogP contribution is -2.54. The Balaban J connectivity index is 1.22. The van der Waals surface area contributed by atoms with Gasteiger partial charge in [0.05, 0.1) is 6.54 Å². The Morgan fingerprint density at radius 1 is 1.17 bits per heavy atom. The Morgan fingerprint density at radius 2 is 2.03 bits per heavy atom. The van der Waals surface area contributed by atoms with E-state index in [0.29, 0.717) is 37.5 Å². The van der Waals surface area contributed by atoms with Gasteiger partial charge in [-0.3, -0.25) is 14.6 Å². The lowest BCUT2D eigenvalue weighted by Gasteiger charge is -2.33. The standard InChI is InChI=1S/C24H25ClN4O4S2/c25-18-7-6-16-12-23(34-21(16)13-18)35(32,33)27-20-5-3-10-29(24(20)31)15-22(30)28-11-8-17(14-28)19-4-1-2-9-26-19/h1-2,4,6-7,9,12-13,17,20,27H,3,5,8,10-11,14-15H2. The van der Waals surface area contributed by atoms with Gasteiger partial charge in [0.25, 0.3) is 10.0 Å². The van der Waals surface area contributed by atoms with Crippen molar-refractivity contribution in [3.05, 3.63) is 59.4 Å². The van der Waals surface area contributed by atoms with Crippen molar-refractivity contribution in [2.45, 2.75) is 35.4 Å². The zero-order chi connectivity index (χ0) is 24.6. The predicted molar refractivity (Wildman–Crippen MR) is 135 cm³/mol. The van der Waals surface area contributed by atoms with Crippen molar-refractivity contribution in [2.24, 2.45) is 0 Å². The van der Waals surface area contributed by atoms with Crippen LogP contribution in [0, 0.1) is 0 Å². The number of pyridine rings is 1. The molecule has 4 heterocycles. The molecule has 2 aliphatic rings. The summed E-state index contributed by atoms with van der Waals surface area (Å²) in [7, 11) is -3.90. The van der Waals surface area contributed by atoms with Gasteiger partial charge in [-0.25, -0.2) is 8.42 Å². The van der Waals surface area contributed by atoms with Gasteiger partial charge in [0, 0.05) is 47.2 Å². The van der Waals surface area contributed by atoms with Crippen LogP contribution in [-0.4, -0.2) is 67.2 Å². The summed E-state index contributed by atoms with van der Waals surface area (Å²) in [5, 5.41) is 1.31. The van der Waals surface area contributed by atoms with Crippen LogP contribution in [0.4, 0.5) is 0 Å². The first-order chi connectivity index (χ1) is 16.8. The van der Waals surface area contributed by atoms with Gasteiger partial charge in [-0.1, -0.05) is 23.7 Å². The molecule has 2 amide bonds. The van der Waals surface area contributed by atoms with Crippen molar-refractivity contribution >= 4 is 54.9 Å². The zero-order valence-corrected chi connectivity index (χ0v) is 21.3. The van der Waals surface area contributed by atoms with E-state index in [0.717, 1.165) is 33.5 Å². The van der Waals surface area contributed by atoms with E-state index in [-0.39, 0.29) is 28.5 Å². The highest BCUT2D eigenvalue weighted by Crippen LogP contribution is 2.31. The summed E-state index contributed by atoms with van der Waals surface area (Å²) in [6.45, 7) is 1.58. The molecule has 0 radical (unpaired) electrons. The van der Waals surface area contributed by atoms with Crippen LogP contribution < -0.4 is 4.72 Å². The van der Waals surface area contributed by atoms with Crippen molar-refractivity contribution in [1.82, 2.24) is 19.5 Å². The molecular formula is C24H25ClN4O4S2. The second-order valence-corrected chi connectivity index (χ2v) is 12.4. The number of hydrogen-bond acceptors (Lipinski definition) is 6. The largest absolute Gasteiger partial charge is 0.340 e. The second-order valence-electron chi connectivity index (χ2n) is 8.90. The fraction of sp³-hybridized carbons (Fsp3) is 0.375. The average molecular weight is 533 g/mol. The van der Waals surface area contributed by atoms with Gasteiger partial charge < -0.3 is 9.80 Å². The smallest absolute Gasteiger partial charge is 0.250 e. The molecule has 0 bridgehead atoms. The fourth-order valence-electron chi connectivity index (χ4n) is 4.67. The third-order valence-electron chi connectivity index (χ3n) is 6.53. The fourth-order valence-corrected chi connectivity index (χ4v) is 7.59. The van der Waals surface area contributed by atoms with Gasteiger partial charge in [0.1, 0.15) is 10.3 Å². The maximum atomic E-state index is 13.1. The van der Waals surface area contributed by atoms with Gasteiger partial charge in [-0.15, -0.1) is 11.3 Å². The Kier molecular flexibility index (Phi) is 6.80. The second kappa shape index (κ2) is 9.85. The van der Waals surface area contributed by atoms with E-state index in [9.17, 15) is 18.0 Å². The highest BCUT2D eigenvalue weighted by atomic mass is 35.5. The highest BCUT2D eigenvalue weighted by molar-refractivity contribution is 7.91. The van der Waals surface area contributed by atoms with Gasteiger partial charge in [0.2, 0.25) is 11.8 Å². The van der Waals surface area contributed by atoms with Crippen LogP contribution in [0.25, 0.3) is 10.1 Å². The molecule has 8 nitrogen and oxygen atoms in total. The number of fused-ring (bicyclic) bond motifs is 1. The highest BCUT2D eigenvalue weighted by Gasteiger charge is 2.35. The van der Waals surface area contributed by atoms with Gasteiger partial charge >= 0.3 is 0 Å². The summed E-state index contributed by atoms with van der Waals surface area (Å²) in [6.07, 6.45) is 3.59. The summed E-state index contributed by atoms with van der Waals surface area (Å²) in [4.78, 5) is 33.7. The minimum atomic E-state index is -3.90. The Bertz CT molecular complexity index is 1360. The van der Waals surface area contributed by atoms with Crippen molar-refractivity contribution in [3.63, 3.8) is 0 Å². The number of likely N-dealkylation sites (tertiary alicyclic amines) is 2. The first kappa shape index (κ1) is 24.2. The molecule has 11 heteroatoms. The maximum absolute atomic E-state index is 13.1. The minimum Gasteiger partial charge on any atom is -0.340 e. The number of nitrogens with one attached hydrogen (secondary N) is 1. The molecule has 184 valence electrons. The first-order valence-electron chi connectivity index (χ1n) is 11.5. The summed E-state index contributed by atoms with van der Waals surface area (Å²) in [5.41, 5.74) is 0.967. The molecule has 0 saturated carbocycles. The van der Waals surface area contributed by atoms with E-state index in [1.807, 2.05) is 18.2 Å². The number of carbonyl (C=O) groups excluding carboxylic acids is 2. The quantitative estimate of drug-likeness (QED) is 0.525. The molecule has 1 aromatic carbocycles. The van der Waals surface area contributed by atoms with E-state index in [1.54, 1.807) is 35.4 Å². The molecule has 0 spiro atoms. The SMILES string of the molecule is O=C(CN1CCCC(NS(=O)(=O)c2cc3ccc(Cl)cc3s2)C1=O)N1CCC(c2ccccn2)C1. The summed E-state index contributed by atoms with van der Waals surface area (Å²) in [6, 6.07) is 11.7. The van der Waals surface area contributed by atoms with E-state index in [4.69, 9.17) is 11.6 Å². The van der Waals surface area contributed by atoms with Crippen LogP contribution in [0.5, 0.6) is 0 Å². The third kappa shape index (κ3) is 5.20. The number of rotatable bonds is 6. The predicted octanol–water partition coefficient (Wildman–Crippen LogP) is 3.24. The maximum Gasteiger partial charge on any atom is 0.250 e. The number of piperidine rings is 1. The van der Waals surface area contributed by atoms with E-state index >= 15 is 0 Å². The first-order valence-corrected chi connectivity index (χ1v) is 14.2. The average Bonchev–Trinajstić information content (AvgIpc) is 3.50. The number of benzene rings is 1. The number of hydrogen-bond donors (Lipinski definition) is 1. The van der Waals surface area contributed by atoms with Gasteiger partial charge in [-0.05, 0) is 55.0 Å². The molecule has 0 aliphatic carbocycles. The van der Waals surface area contributed by atoms with Crippen molar-refractivity contribution < 1.29 is 18.0 Å². The number of aromatic nitrogens is 1. The number of halogens is 1. The van der Waals surface area contributed by atoms with Gasteiger partial charge in [-0.2, -0.15) is 4.72 Å². The molecule has 2 aromatic heterocycles. The van der Waals surface area contributed by atoms with Crippen LogP contribution in [-0.2, 0) is 19.6 Å². The zero-order valence-electron chi connectivity index (χ0n) is 18.9. The Hall–Kier alpha value is -2.53. The molecule has 2 atom stereocenters. The monoisotopic (exact) mass is 532 g/mol. The van der Waals surface area contributed by atoms with Crippen LogP contribution in [0.3, 0.4) is 0 Å². The lowest BCUT2D eigenvalue weighted by atomic mass is 10.0. The topological polar surface area (TPSA) is 99.7 Å². The number of nitrogens with zero attached hydrogens (tertiary/aromatic N) is 3.